The van der Waals surface area contributed by atoms with Crippen molar-refractivity contribution in [3.63, 3.8) is 0 Å². The number of hydrogen-bond acceptors (Lipinski definition) is 2. The van der Waals surface area contributed by atoms with Crippen LogP contribution in [0.5, 0.6) is 5.75 Å². The highest BCUT2D eigenvalue weighted by molar-refractivity contribution is 5.42. The van der Waals surface area contributed by atoms with E-state index in [1.54, 1.807) is 0 Å². The van der Waals surface area contributed by atoms with E-state index in [1.807, 2.05) is 36.5 Å². The van der Waals surface area contributed by atoms with Crippen LogP contribution in [0.15, 0.2) is 42.6 Å². The molecule has 0 saturated heterocycles. The number of rotatable bonds is 10. The number of aromatic nitrogens is 1. The van der Waals surface area contributed by atoms with Crippen LogP contribution in [0.2, 0.25) is 0 Å². The highest BCUT2D eigenvalue weighted by Crippen LogP contribution is 2.13. The largest absolute Gasteiger partial charge is 0.494 e. The van der Waals surface area contributed by atoms with E-state index >= 15 is 0 Å². The third kappa shape index (κ3) is 7.74. The third-order valence-electron chi connectivity index (χ3n) is 4.32. The van der Waals surface area contributed by atoms with E-state index in [0.717, 1.165) is 42.9 Å². The van der Waals surface area contributed by atoms with Gasteiger partial charge >= 0.3 is 0 Å². The molecule has 2 rings (SSSR count). The van der Waals surface area contributed by atoms with Gasteiger partial charge in [-0.25, -0.2) is 4.98 Å². The summed E-state index contributed by atoms with van der Waals surface area (Å²) in [5.41, 5.74) is 3.06. The highest BCUT2D eigenvalue weighted by atomic mass is 16.5. The van der Waals surface area contributed by atoms with Gasteiger partial charge < -0.3 is 4.74 Å². The lowest BCUT2D eigenvalue weighted by Gasteiger charge is -2.06. The fourth-order valence-corrected chi connectivity index (χ4v) is 2.78. The molecule has 0 aliphatic heterocycles. The van der Waals surface area contributed by atoms with Crippen LogP contribution < -0.4 is 4.74 Å². The van der Waals surface area contributed by atoms with Gasteiger partial charge in [-0.3, -0.25) is 0 Å². The Labute approximate surface area is 159 Å². The Morgan fingerprint density at radius 3 is 2.27 bits per heavy atom. The summed E-state index contributed by atoms with van der Waals surface area (Å²) >= 11 is 0. The molecule has 2 aromatic rings. The normalized spacial score (nSPS) is 10.2. The van der Waals surface area contributed by atoms with Crippen molar-refractivity contribution in [2.45, 2.75) is 65.2 Å². The zero-order valence-electron chi connectivity index (χ0n) is 16.3. The third-order valence-corrected chi connectivity index (χ3v) is 4.32. The first-order chi connectivity index (χ1) is 12.8. The molecule has 0 bridgehead atoms. The van der Waals surface area contributed by atoms with E-state index < -0.39 is 0 Å². The van der Waals surface area contributed by atoms with Crippen LogP contribution in [-0.4, -0.2) is 11.6 Å². The molecule has 0 N–H and O–H groups in total. The number of benzene rings is 1. The molecule has 0 spiro atoms. The minimum Gasteiger partial charge on any atom is -0.494 e. The molecule has 138 valence electrons. The summed E-state index contributed by atoms with van der Waals surface area (Å²) in [4.78, 5) is 4.41. The molecule has 1 aromatic carbocycles. The van der Waals surface area contributed by atoms with Crippen molar-refractivity contribution in [1.29, 1.82) is 0 Å². The van der Waals surface area contributed by atoms with Crippen molar-refractivity contribution in [2.24, 2.45) is 0 Å². The van der Waals surface area contributed by atoms with Gasteiger partial charge in [-0.1, -0.05) is 64.4 Å². The first-order valence-electron chi connectivity index (χ1n) is 10.0. The summed E-state index contributed by atoms with van der Waals surface area (Å²) < 4.78 is 5.81. The van der Waals surface area contributed by atoms with Crippen molar-refractivity contribution in [1.82, 2.24) is 4.98 Å². The Bertz CT molecular complexity index is 677. The van der Waals surface area contributed by atoms with E-state index in [2.05, 4.69) is 36.7 Å². The number of nitrogens with zero attached hydrogens (tertiary/aromatic N) is 1. The molecule has 0 atom stereocenters. The fourth-order valence-electron chi connectivity index (χ4n) is 2.78. The topological polar surface area (TPSA) is 22.1 Å². The second-order valence-electron chi connectivity index (χ2n) is 6.69. The van der Waals surface area contributed by atoms with Crippen LogP contribution in [0.1, 0.15) is 75.6 Å². The van der Waals surface area contributed by atoms with Crippen molar-refractivity contribution >= 4 is 0 Å². The Morgan fingerprint density at radius 1 is 0.808 bits per heavy atom. The lowest BCUT2D eigenvalue weighted by Crippen LogP contribution is -1.97. The average molecular weight is 350 g/mol. The van der Waals surface area contributed by atoms with E-state index in [0.29, 0.717) is 0 Å². The predicted molar refractivity (Wildman–Crippen MR) is 110 cm³/mol. The van der Waals surface area contributed by atoms with Crippen LogP contribution >= 0.6 is 0 Å². The summed E-state index contributed by atoms with van der Waals surface area (Å²) in [5.74, 6) is 7.21. The average Bonchev–Trinajstić information content (AvgIpc) is 2.68. The van der Waals surface area contributed by atoms with Crippen molar-refractivity contribution in [3.05, 3.63) is 59.4 Å². The SMILES string of the molecule is CCCCCCCCOc1ccc(C#Cc2ccc(CCC)cn2)cc1. The van der Waals surface area contributed by atoms with E-state index in [1.165, 1.54) is 37.7 Å². The fraction of sp³-hybridized carbons (Fsp3) is 0.458. The number of unbranched alkanes of at least 4 members (excludes halogenated alkanes) is 5. The lowest BCUT2D eigenvalue weighted by atomic mass is 10.1. The first kappa shape index (κ1) is 20.0. The van der Waals surface area contributed by atoms with Gasteiger partial charge in [0.15, 0.2) is 0 Å². The van der Waals surface area contributed by atoms with Gasteiger partial charge in [-0.15, -0.1) is 0 Å². The first-order valence-corrected chi connectivity index (χ1v) is 10.0. The van der Waals surface area contributed by atoms with Gasteiger partial charge in [0, 0.05) is 11.8 Å². The molecule has 1 heterocycles. The highest BCUT2D eigenvalue weighted by Gasteiger charge is 1.96. The monoisotopic (exact) mass is 349 g/mol. The van der Waals surface area contributed by atoms with Gasteiger partial charge in [0.05, 0.1) is 6.61 Å². The molecule has 0 radical (unpaired) electrons. The van der Waals surface area contributed by atoms with Crippen LogP contribution in [0, 0.1) is 11.8 Å². The van der Waals surface area contributed by atoms with Crippen molar-refractivity contribution < 1.29 is 4.74 Å². The molecule has 0 aliphatic rings. The smallest absolute Gasteiger partial charge is 0.119 e. The van der Waals surface area contributed by atoms with E-state index in [-0.39, 0.29) is 0 Å². The number of ether oxygens (including phenoxy) is 1. The summed E-state index contributed by atoms with van der Waals surface area (Å²) in [6, 6.07) is 12.1. The summed E-state index contributed by atoms with van der Waals surface area (Å²) in [6.07, 6.45) is 11.8. The zero-order valence-corrected chi connectivity index (χ0v) is 16.3. The van der Waals surface area contributed by atoms with Crippen molar-refractivity contribution in [2.75, 3.05) is 6.61 Å². The van der Waals surface area contributed by atoms with Gasteiger partial charge in [-0.2, -0.15) is 0 Å². The molecule has 0 aliphatic carbocycles. The Kier molecular flexibility index (Phi) is 9.36. The van der Waals surface area contributed by atoms with E-state index in [4.69, 9.17) is 4.74 Å². The quantitative estimate of drug-likeness (QED) is 0.378. The number of aryl methyl sites for hydroxylation is 1. The Balaban J connectivity index is 1.75. The van der Waals surface area contributed by atoms with Crippen LogP contribution in [0.3, 0.4) is 0 Å². The maximum absolute atomic E-state index is 5.81. The van der Waals surface area contributed by atoms with Crippen molar-refractivity contribution in [3.8, 4) is 17.6 Å². The minimum atomic E-state index is 0.797. The standard InChI is InChI=1S/C24H31NO/c1-3-5-6-7-8-9-19-26-24-17-13-21(14-18-24)11-15-23-16-12-22(10-4-2)20-25-23/h12-14,16-18,20H,3-10,19H2,1-2H3. The van der Waals surface area contributed by atoms with Gasteiger partial charge in [0.2, 0.25) is 0 Å². The summed E-state index contributed by atoms with van der Waals surface area (Å²) in [6.45, 7) is 5.22. The molecule has 0 unspecified atom stereocenters. The second kappa shape index (κ2) is 12.1. The van der Waals surface area contributed by atoms with Gasteiger partial charge in [-0.05, 0) is 54.7 Å². The van der Waals surface area contributed by atoms with Crippen LogP contribution in [-0.2, 0) is 6.42 Å². The molecule has 0 amide bonds. The minimum absolute atomic E-state index is 0.797. The van der Waals surface area contributed by atoms with Crippen LogP contribution in [0.4, 0.5) is 0 Å². The second-order valence-corrected chi connectivity index (χ2v) is 6.69. The molecular weight excluding hydrogens is 318 g/mol. The molecule has 26 heavy (non-hydrogen) atoms. The summed E-state index contributed by atoms with van der Waals surface area (Å²) in [5, 5.41) is 0. The predicted octanol–water partition coefficient (Wildman–Crippen LogP) is 6.17. The molecule has 0 saturated carbocycles. The number of pyridine rings is 1. The van der Waals surface area contributed by atoms with E-state index in [9.17, 15) is 0 Å². The molecular formula is C24H31NO. The van der Waals surface area contributed by atoms with Gasteiger partial charge in [0.25, 0.3) is 0 Å². The molecule has 2 nitrogen and oxygen atoms in total. The molecule has 1 aromatic heterocycles. The zero-order chi connectivity index (χ0) is 18.5. The van der Waals surface area contributed by atoms with Gasteiger partial charge in [0.1, 0.15) is 11.4 Å². The Morgan fingerprint density at radius 2 is 1.58 bits per heavy atom. The number of hydrogen-bond donors (Lipinski definition) is 0. The maximum atomic E-state index is 5.81. The lowest BCUT2D eigenvalue weighted by molar-refractivity contribution is 0.304. The summed E-state index contributed by atoms with van der Waals surface area (Å²) in [7, 11) is 0. The molecule has 2 heteroatoms. The maximum Gasteiger partial charge on any atom is 0.119 e. The van der Waals surface area contributed by atoms with Crippen LogP contribution in [0.25, 0.3) is 0 Å². The molecule has 0 fully saturated rings. The Hall–Kier alpha value is -2.27.